The Labute approximate surface area is 121 Å². The van der Waals surface area contributed by atoms with Gasteiger partial charge in [-0.2, -0.15) is 0 Å². The first-order valence-corrected chi connectivity index (χ1v) is 7.44. The average molecular weight is 276 g/mol. The maximum Gasteiger partial charge on any atom is 0.328 e. The van der Waals surface area contributed by atoms with Gasteiger partial charge in [0.25, 0.3) is 0 Å². The summed E-state index contributed by atoms with van der Waals surface area (Å²) >= 11 is 0. The molecule has 1 heterocycles. The largest absolute Gasteiger partial charge is 0.465 e. The van der Waals surface area contributed by atoms with Gasteiger partial charge in [0.1, 0.15) is 6.04 Å². The quantitative estimate of drug-likeness (QED) is 0.769. The first-order valence-electron chi connectivity index (χ1n) is 7.44. The molecule has 0 amide bonds. The van der Waals surface area contributed by atoms with Crippen molar-refractivity contribution < 1.29 is 9.53 Å². The van der Waals surface area contributed by atoms with Gasteiger partial charge in [0, 0.05) is 26.2 Å². The summed E-state index contributed by atoms with van der Waals surface area (Å²) in [6.07, 6.45) is 0. The molecule has 1 aromatic rings. The van der Waals surface area contributed by atoms with E-state index in [9.17, 15) is 4.79 Å². The molecular formula is C16H24N2O2. The second-order valence-electron chi connectivity index (χ2n) is 5.04. The fourth-order valence-corrected chi connectivity index (χ4v) is 2.69. The predicted molar refractivity (Wildman–Crippen MR) is 79.5 cm³/mol. The van der Waals surface area contributed by atoms with Gasteiger partial charge < -0.3 is 9.64 Å². The van der Waals surface area contributed by atoms with Gasteiger partial charge in [0.05, 0.1) is 6.61 Å². The second kappa shape index (κ2) is 7.41. The normalized spacial score (nSPS) is 18.7. The standard InChI is InChI=1S/C16H24N2O2/c1-3-17-10-12-18(13-11-17)15(16(19)20-4-2)14-8-6-5-7-9-14/h5-9,15H,3-4,10-13H2,1-2H3. The Kier molecular flexibility index (Phi) is 5.56. The van der Waals surface area contributed by atoms with Crippen LogP contribution in [0.2, 0.25) is 0 Å². The molecule has 20 heavy (non-hydrogen) atoms. The van der Waals surface area contributed by atoms with Gasteiger partial charge in [-0.3, -0.25) is 4.90 Å². The number of likely N-dealkylation sites (N-methyl/N-ethyl adjacent to an activating group) is 1. The molecule has 0 aliphatic carbocycles. The minimum Gasteiger partial charge on any atom is -0.465 e. The monoisotopic (exact) mass is 276 g/mol. The van der Waals surface area contributed by atoms with Crippen LogP contribution in [0.1, 0.15) is 25.5 Å². The maximum absolute atomic E-state index is 12.3. The number of esters is 1. The van der Waals surface area contributed by atoms with Crippen molar-refractivity contribution in [2.45, 2.75) is 19.9 Å². The first-order chi connectivity index (χ1) is 9.76. The molecule has 2 rings (SSSR count). The fourth-order valence-electron chi connectivity index (χ4n) is 2.69. The number of ether oxygens (including phenoxy) is 1. The highest BCUT2D eigenvalue weighted by molar-refractivity contribution is 5.77. The lowest BCUT2D eigenvalue weighted by atomic mass is 10.0. The molecule has 1 unspecified atom stereocenters. The Bertz CT molecular complexity index is 414. The van der Waals surface area contributed by atoms with Gasteiger partial charge in [-0.05, 0) is 19.0 Å². The molecule has 4 nitrogen and oxygen atoms in total. The molecule has 1 aliphatic rings. The van der Waals surface area contributed by atoms with Crippen molar-refractivity contribution in [2.75, 3.05) is 39.3 Å². The highest BCUT2D eigenvalue weighted by Crippen LogP contribution is 2.23. The van der Waals surface area contributed by atoms with E-state index in [-0.39, 0.29) is 12.0 Å². The molecule has 0 bridgehead atoms. The Morgan fingerprint density at radius 1 is 1.15 bits per heavy atom. The minimum atomic E-state index is -0.268. The Balaban J connectivity index is 2.13. The Morgan fingerprint density at radius 2 is 1.80 bits per heavy atom. The number of hydrogen-bond donors (Lipinski definition) is 0. The van der Waals surface area contributed by atoms with Crippen LogP contribution in [0.3, 0.4) is 0 Å². The van der Waals surface area contributed by atoms with Crippen LogP contribution >= 0.6 is 0 Å². The van der Waals surface area contributed by atoms with E-state index in [1.807, 2.05) is 37.3 Å². The van der Waals surface area contributed by atoms with Gasteiger partial charge in [-0.25, -0.2) is 4.79 Å². The lowest BCUT2D eigenvalue weighted by Gasteiger charge is -2.37. The topological polar surface area (TPSA) is 32.8 Å². The molecule has 1 aliphatic heterocycles. The van der Waals surface area contributed by atoms with E-state index in [0.29, 0.717) is 6.61 Å². The molecule has 1 aromatic carbocycles. The van der Waals surface area contributed by atoms with Crippen molar-refractivity contribution in [3.8, 4) is 0 Å². The van der Waals surface area contributed by atoms with Gasteiger partial charge >= 0.3 is 5.97 Å². The number of carbonyl (C=O) groups excluding carboxylic acids is 1. The van der Waals surface area contributed by atoms with E-state index in [1.165, 1.54) is 0 Å². The zero-order chi connectivity index (χ0) is 14.4. The molecule has 4 heteroatoms. The van der Waals surface area contributed by atoms with Crippen molar-refractivity contribution in [3.63, 3.8) is 0 Å². The minimum absolute atomic E-state index is 0.136. The van der Waals surface area contributed by atoms with Gasteiger partial charge in [-0.15, -0.1) is 0 Å². The number of piperazine rings is 1. The lowest BCUT2D eigenvalue weighted by molar-refractivity contribution is -0.150. The van der Waals surface area contributed by atoms with Crippen LogP contribution in [0.5, 0.6) is 0 Å². The van der Waals surface area contributed by atoms with Gasteiger partial charge in [0.15, 0.2) is 0 Å². The average Bonchev–Trinajstić information content (AvgIpc) is 2.50. The van der Waals surface area contributed by atoms with Crippen molar-refractivity contribution >= 4 is 5.97 Å². The van der Waals surface area contributed by atoms with Crippen molar-refractivity contribution in [1.29, 1.82) is 0 Å². The second-order valence-corrected chi connectivity index (χ2v) is 5.04. The van der Waals surface area contributed by atoms with E-state index >= 15 is 0 Å². The summed E-state index contributed by atoms with van der Waals surface area (Å²) in [5.41, 5.74) is 1.02. The number of rotatable bonds is 5. The summed E-state index contributed by atoms with van der Waals surface area (Å²) in [7, 11) is 0. The van der Waals surface area contributed by atoms with E-state index in [0.717, 1.165) is 38.3 Å². The zero-order valence-electron chi connectivity index (χ0n) is 12.4. The van der Waals surface area contributed by atoms with Crippen LogP contribution in [0, 0.1) is 0 Å². The summed E-state index contributed by atoms with van der Waals surface area (Å²) in [5.74, 6) is -0.136. The van der Waals surface area contributed by atoms with E-state index in [2.05, 4.69) is 16.7 Å². The van der Waals surface area contributed by atoms with Crippen LogP contribution in [0.15, 0.2) is 30.3 Å². The van der Waals surface area contributed by atoms with E-state index < -0.39 is 0 Å². The molecule has 0 saturated carbocycles. The zero-order valence-corrected chi connectivity index (χ0v) is 12.4. The predicted octanol–water partition coefficient (Wildman–Crippen LogP) is 1.93. The number of benzene rings is 1. The highest BCUT2D eigenvalue weighted by atomic mass is 16.5. The molecule has 1 saturated heterocycles. The highest BCUT2D eigenvalue weighted by Gasteiger charge is 2.30. The Hall–Kier alpha value is -1.39. The molecular weight excluding hydrogens is 252 g/mol. The van der Waals surface area contributed by atoms with Crippen LogP contribution in [-0.2, 0) is 9.53 Å². The fraction of sp³-hybridized carbons (Fsp3) is 0.562. The van der Waals surface area contributed by atoms with Crippen LogP contribution in [-0.4, -0.2) is 55.1 Å². The van der Waals surface area contributed by atoms with Crippen LogP contribution in [0.25, 0.3) is 0 Å². The third-order valence-corrected chi connectivity index (χ3v) is 3.84. The summed E-state index contributed by atoms with van der Waals surface area (Å²) in [4.78, 5) is 17.0. The molecule has 1 fully saturated rings. The van der Waals surface area contributed by atoms with Gasteiger partial charge in [0.2, 0.25) is 0 Å². The third-order valence-electron chi connectivity index (χ3n) is 3.84. The maximum atomic E-state index is 12.3. The van der Waals surface area contributed by atoms with Crippen LogP contribution < -0.4 is 0 Å². The van der Waals surface area contributed by atoms with Crippen molar-refractivity contribution in [1.82, 2.24) is 9.80 Å². The third kappa shape index (κ3) is 3.58. The number of nitrogens with zero attached hydrogens (tertiary/aromatic N) is 2. The first kappa shape index (κ1) is 15.0. The summed E-state index contributed by atoms with van der Waals surface area (Å²) in [5, 5.41) is 0. The van der Waals surface area contributed by atoms with Crippen molar-refractivity contribution in [2.24, 2.45) is 0 Å². The molecule has 0 N–H and O–H groups in total. The molecule has 0 spiro atoms. The number of carbonyl (C=O) groups is 1. The Morgan fingerprint density at radius 3 is 2.35 bits per heavy atom. The summed E-state index contributed by atoms with van der Waals surface area (Å²) in [6, 6.07) is 9.67. The summed E-state index contributed by atoms with van der Waals surface area (Å²) < 4.78 is 5.27. The van der Waals surface area contributed by atoms with E-state index in [4.69, 9.17) is 4.74 Å². The molecule has 1 atom stereocenters. The number of hydrogen-bond acceptors (Lipinski definition) is 4. The SMILES string of the molecule is CCOC(=O)C(c1ccccc1)N1CCN(CC)CC1. The van der Waals surface area contributed by atoms with E-state index in [1.54, 1.807) is 0 Å². The van der Waals surface area contributed by atoms with Crippen LogP contribution in [0.4, 0.5) is 0 Å². The summed E-state index contributed by atoms with van der Waals surface area (Å²) in [6.45, 7) is 9.38. The van der Waals surface area contributed by atoms with Crippen molar-refractivity contribution in [3.05, 3.63) is 35.9 Å². The lowest BCUT2D eigenvalue weighted by Crippen LogP contribution is -2.49. The van der Waals surface area contributed by atoms with Gasteiger partial charge in [-0.1, -0.05) is 37.3 Å². The molecule has 0 radical (unpaired) electrons. The molecule has 0 aromatic heterocycles. The smallest absolute Gasteiger partial charge is 0.328 e. The molecule has 110 valence electrons.